The van der Waals surface area contributed by atoms with Gasteiger partial charge in [0, 0.05) is 24.5 Å². The molecule has 1 amide bonds. The summed E-state index contributed by atoms with van der Waals surface area (Å²) in [6.07, 6.45) is 1.07. The SMILES string of the molecule is CC(CNC(=O)CN1CCc2sccc2C1)c1ccccc1. The van der Waals surface area contributed by atoms with Gasteiger partial charge in [0.15, 0.2) is 0 Å². The quantitative estimate of drug-likeness (QED) is 0.920. The molecule has 2 heterocycles. The molecule has 0 radical (unpaired) electrons. The van der Waals surface area contributed by atoms with Crippen molar-refractivity contribution in [3.63, 3.8) is 0 Å². The van der Waals surface area contributed by atoms with Crippen molar-refractivity contribution in [2.45, 2.75) is 25.8 Å². The van der Waals surface area contributed by atoms with Crippen LogP contribution in [0.1, 0.15) is 28.8 Å². The van der Waals surface area contributed by atoms with Crippen LogP contribution in [0.2, 0.25) is 0 Å². The summed E-state index contributed by atoms with van der Waals surface area (Å²) in [5.74, 6) is 0.469. The number of hydrogen-bond donors (Lipinski definition) is 1. The molecule has 1 aromatic carbocycles. The van der Waals surface area contributed by atoms with Crippen molar-refractivity contribution >= 4 is 17.2 Å². The van der Waals surface area contributed by atoms with Crippen LogP contribution in [0, 0.1) is 0 Å². The molecule has 0 spiro atoms. The Morgan fingerprint density at radius 2 is 2.14 bits per heavy atom. The molecule has 3 rings (SSSR count). The number of thiophene rings is 1. The fraction of sp³-hybridized carbons (Fsp3) is 0.389. The predicted octanol–water partition coefficient (Wildman–Crippen LogP) is 3.03. The number of nitrogens with zero attached hydrogens (tertiary/aromatic N) is 1. The lowest BCUT2D eigenvalue weighted by Crippen LogP contribution is -2.40. The molecular formula is C18H22N2OS. The molecule has 1 atom stereocenters. The summed E-state index contributed by atoms with van der Waals surface area (Å²) in [7, 11) is 0. The fourth-order valence-electron chi connectivity index (χ4n) is 2.87. The number of carbonyl (C=O) groups is 1. The second kappa shape index (κ2) is 7.07. The zero-order valence-corrected chi connectivity index (χ0v) is 13.7. The van der Waals surface area contributed by atoms with Crippen LogP contribution in [-0.2, 0) is 17.8 Å². The van der Waals surface area contributed by atoms with E-state index < -0.39 is 0 Å². The zero-order valence-electron chi connectivity index (χ0n) is 12.9. The van der Waals surface area contributed by atoms with E-state index in [2.05, 4.69) is 40.7 Å². The molecular weight excluding hydrogens is 292 g/mol. The molecule has 0 bridgehead atoms. The van der Waals surface area contributed by atoms with Crippen LogP contribution in [0.4, 0.5) is 0 Å². The Balaban J connectivity index is 1.45. The minimum absolute atomic E-state index is 0.126. The fourth-order valence-corrected chi connectivity index (χ4v) is 3.76. The summed E-state index contributed by atoms with van der Waals surface area (Å²) in [5, 5.41) is 5.22. The maximum atomic E-state index is 12.1. The average molecular weight is 314 g/mol. The molecule has 1 aliphatic heterocycles. The minimum atomic E-state index is 0.126. The first-order chi connectivity index (χ1) is 10.7. The summed E-state index contributed by atoms with van der Waals surface area (Å²) in [4.78, 5) is 15.9. The van der Waals surface area contributed by atoms with E-state index in [1.54, 1.807) is 0 Å². The third-order valence-corrected chi connectivity index (χ3v) is 5.25. The average Bonchev–Trinajstić information content (AvgIpc) is 3.01. The molecule has 22 heavy (non-hydrogen) atoms. The zero-order chi connectivity index (χ0) is 15.4. The van der Waals surface area contributed by atoms with Crippen molar-refractivity contribution in [1.29, 1.82) is 0 Å². The highest BCUT2D eigenvalue weighted by Gasteiger charge is 2.19. The lowest BCUT2D eigenvalue weighted by atomic mass is 10.0. The van der Waals surface area contributed by atoms with Crippen molar-refractivity contribution in [2.75, 3.05) is 19.6 Å². The maximum absolute atomic E-state index is 12.1. The van der Waals surface area contributed by atoms with Gasteiger partial charge in [0.05, 0.1) is 6.54 Å². The Hall–Kier alpha value is -1.65. The van der Waals surface area contributed by atoms with Gasteiger partial charge in [0.25, 0.3) is 0 Å². The van der Waals surface area contributed by atoms with Crippen LogP contribution < -0.4 is 5.32 Å². The van der Waals surface area contributed by atoms with E-state index in [1.807, 2.05) is 29.5 Å². The Morgan fingerprint density at radius 1 is 1.32 bits per heavy atom. The first-order valence-corrected chi connectivity index (χ1v) is 8.69. The first kappa shape index (κ1) is 15.3. The van der Waals surface area contributed by atoms with Crippen LogP contribution in [0.5, 0.6) is 0 Å². The Labute approximate surface area is 136 Å². The largest absolute Gasteiger partial charge is 0.354 e. The van der Waals surface area contributed by atoms with Gasteiger partial charge in [0.2, 0.25) is 5.91 Å². The van der Waals surface area contributed by atoms with Gasteiger partial charge in [-0.05, 0) is 34.9 Å². The van der Waals surface area contributed by atoms with E-state index in [-0.39, 0.29) is 5.91 Å². The van der Waals surface area contributed by atoms with Gasteiger partial charge in [-0.3, -0.25) is 9.69 Å². The van der Waals surface area contributed by atoms with Gasteiger partial charge in [0.1, 0.15) is 0 Å². The molecule has 1 aliphatic rings. The number of rotatable bonds is 5. The summed E-state index contributed by atoms with van der Waals surface area (Å²) in [6, 6.07) is 12.5. The van der Waals surface area contributed by atoms with Crippen LogP contribution in [-0.4, -0.2) is 30.4 Å². The topological polar surface area (TPSA) is 32.3 Å². The third-order valence-electron chi connectivity index (χ3n) is 4.23. The molecule has 0 aliphatic carbocycles. The second-order valence-corrected chi connectivity index (χ2v) is 6.95. The van der Waals surface area contributed by atoms with Crippen molar-refractivity contribution in [3.05, 3.63) is 57.8 Å². The predicted molar refractivity (Wildman–Crippen MR) is 91.2 cm³/mol. The number of fused-ring (bicyclic) bond motifs is 1. The van der Waals surface area contributed by atoms with Crippen LogP contribution in [0.15, 0.2) is 41.8 Å². The molecule has 1 unspecified atom stereocenters. The van der Waals surface area contributed by atoms with Crippen LogP contribution in [0.3, 0.4) is 0 Å². The van der Waals surface area contributed by atoms with Gasteiger partial charge in [-0.25, -0.2) is 0 Å². The van der Waals surface area contributed by atoms with E-state index in [4.69, 9.17) is 0 Å². The maximum Gasteiger partial charge on any atom is 0.234 e. The van der Waals surface area contributed by atoms with Gasteiger partial charge >= 0.3 is 0 Å². The normalized spacial score (nSPS) is 16.0. The van der Waals surface area contributed by atoms with Gasteiger partial charge in [-0.15, -0.1) is 11.3 Å². The molecule has 0 saturated heterocycles. The summed E-state index contributed by atoms with van der Waals surface area (Å²) in [5.41, 5.74) is 2.66. The van der Waals surface area contributed by atoms with Crippen molar-refractivity contribution in [2.24, 2.45) is 0 Å². The molecule has 2 aromatic rings. The highest BCUT2D eigenvalue weighted by Crippen LogP contribution is 2.23. The molecule has 1 N–H and O–H groups in total. The summed E-state index contributed by atoms with van der Waals surface area (Å²) < 4.78 is 0. The second-order valence-electron chi connectivity index (χ2n) is 5.95. The van der Waals surface area contributed by atoms with Crippen molar-refractivity contribution in [3.8, 4) is 0 Å². The van der Waals surface area contributed by atoms with Gasteiger partial charge in [-0.2, -0.15) is 0 Å². The van der Waals surface area contributed by atoms with E-state index in [0.717, 1.165) is 19.5 Å². The molecule has 0 fully saturated rings. The lowest BCUT2D eigenvalue weighted by Gasteiger charge is -2.26. The lowest BCUT2D eigenvalue weighted by molar-refractivity contribution is -0.122. The summed E-state index contributed by atoms with van der Waals surface area (Å²) >= 11 is 1.83. The van der Waals surface area contributed by atoms with Crippen LogP contribution >= 0.6 is 11.3 Å². The minimum Gasteiger partial charge on any atom is -0.354 e. The number of benzene rings is 1. The Bertz CT molecular complexity index is 623. The van der Waals surface area contributed by atoms with E-state index >= 15 is 0 Å². The molecule has 4 heteroatoms. The monoisotopic (exact) mass is 314 g/mol. The summed E-state index contributed by atoms with van der Waals surface area (Å²) in [6.45, 7) is 5.22. The molecule has 1 aromatic heterocycles. The molecule has 0 saturated carbocycles. The Kier molecular flexibility index (Phi) is 4.90. The van der Waals surface area contributed by atoms with Crippen LogP contribution in [0.25, 0.3) is 0 Å². The van der Waals surface area contributed by atoms with Crippen molar-refractivity contribution in [1.82, 2.24) is 10.2 Å². The number of amides is 1. The van der Waals surface area contributed by atoms with Crippen molar-refractivity contribution < 1.29 is 4.79 Å². The van der Waals surface area contributed by atoms with Gasteiger partial charge in [-0.1, -0.05) is 37.3 Å². The van der Waals surface area contributed by atoms with E-state index in [1.165, 1.54) is 16.0 Å². The van der Waals surface area contributed by atoms with E-state index in [9.17, 15) is 4.79 Å². The first-order valence-electron chi connectivity index (χ1n) is 7.81. The number of carbonyl (C=O) groups excluding carboxylic acids is 1. The van der Waals surface area contributed by atoms with Gasteiger partial charge < -0.3 is 5.32 Å². The molecule has 3 nitrogen and oxygen atoms in total. The number of hydrogen-bond acceptors (Lipinski definition) is 3. The number of nitrogens with one attached hydrogen (secondary N) is 1. The highest BCUT2D eigenvalue weighted by molar-refractivity contribution is 7.10. The van der Waals surface area contributed by atoms with E-state index in [0.29, 0.717) is 19.0 Å². The third kappa shape index (κ3) is 3.76. The molecule has 116 valence electrons. The standard InChI is InChI=1S/C18H22N2OS/c1-14(15-5-3-2-4-6-15)11-19-18(21)13-20-9-7-17-16(12-20)8-10-22-17/h2-6,8,10,14H,7,9,11-13H2,1H3,(H,19,21). The highest BCUT2D eigenvalue weighted by atomic mass is 32.1. The smallest absolute Gasteiger partial charge is 0.234 e. The Morgan fingerprint density at radius 3 is 2.95 bits per heavy atom.